The molecule has 3 aromatic rings. The van der Waals surface area contributed by atoms with E-state index < -0.39 is 11.7 Å². The lowest BCUT2D eigenvalue weighted by Crippen LogP contribution is -2.27. The van der Waals surface area contributed by atoms with Crippen LogP contribution in [-0.2, 0) is 6.42 Å². The van der Waals surface area contributed by atoms with Gasteiger partial charge in [-0.05, 0) is 24.3 Å². The lowest BCUT2D eigenvalue weighted by atomic mass is 10.2. The Morgan fingerprint density at radius 2 is 1.92 bits per heavy atom. The van der Waals surface area contributed by atoms with Crippen LogP contribution >= 0.6 is 11.6 Å². The number of amides is 1. The van der Waals surface area contributed by atoms with E-state index >= 15 is 0 Å². The number of halogens is 2. The van der Waals surface area contributed by atoms with Crippen molar-refractivity contribution in [3.8, 4) is 11.5 Å². The van der Waals surface area contributed by atoms with Gasteiger partial charge in [0.2, 0.25) is 11.8 Å². The fourth-order valence-electron chi connectivity index (χ4n) is 2.14. The molecule has 1 heterocycles. The van der Waals surface area contributed by atoms with E-state index in [9.17, 15) is 9.18 Å². The molecule has 1 N–H and O–H groups in total. The molecule has 0 bridgehead atoms. The third kappa shape index (κ3) is 3.60. The van der Waals surface area contributed by atoms with Gasteiger partial charge in [0.1, 0.15) is 5.82 Å². The third-order valence-corrected chi connectivity index (χ3v) is 3.62. The summed E-state index contributed by atoms with van der Waals surface area (Å²) in [5.41, 5.74) is 0.646. The van der Waals surface area contributed by atoms with Crippen molar-refractivity contribution in [2.75, 3.05) is 6.54 Å². The molecule has 5 nitrogen and oxygen atoms in total. The van der Waals surface area contributed by atoms with Crippen molar-refractivity contribution in [1.82, 2.24) is 15.5 Å². The van der Waals surface area contributed by atoms with Crippen molar-refractivity contribution in [2.24, 2.45) is 0 Å². The quantitative estimate of drug-likeness (QED) is 0.768. The van der Waals surface area contributed by atoms with E-state index in [1.54, 1.807) is 0 Å². The number of aromatic nitrogens is 2. The molecule has 0 unspecified atom stereocenters. The highest BCUT2D eigenvalue weighted by atomic mass is 35.5. The van der Waals surface area contributed by atoms with Crippen LogP contribution in [0.5, 0.6) is 0 Å². The first-order valence-electron chi connectivity index (χ1n) is 7.25. The Morgan fingerprint density at radius 1 is 1.12 bits per heavy atom. The third-order valence-electron chi connectivity index (χ3n) is 3.30. The molecular formula is C17H13ClFN3O2. The highest BCUT2D eigenvalue weighted by molar-refractivity contribution is 6.33. The van der Waals surface area contributed by atoms with Gasteiger partial charge in [0.25, 0.3) is 5.91 Å². The fraction of sp³-hybridized carbons (Fsp3) is 0.118. The smallest absolute Gasteiger partial charge is 0.255 e. The second kappa shape index (κ2) is 7.23. The van der Waals surface area contributed by atoms with Crippen LogP contribution in [-0.4, -0.2) is 22.6 Å². The van der Waals surface area contributed by atoms with Crippen LogP contribution in [0, 0.1) is 5.82 Å². The van der Waals surface area contributed by atoms with Crippen LogP contribution in [0.4, 0.5) is 4.39 Å². The number of carbonyl (C=O) groups excluding carboxylic acids is 1. The van der Waals surface area contributed by atoms with Crippen molar-refractivity contribution in [3.63, 3.8) is 0 Å². The van der Waals surface area contributed by atoms with E-state index in [2.05, 4.69) is 15.5 Å². The van der Waals surface area contributed by atoms with Gasteiger partial charge in [0.15, 0.2) is 0 Å². The zero-order valence-corrected chi connectivity index (χ0v) is 13.3. The molecule has 0 saturated carbocycles. The van der Waals surface area contributed by atoms with Crippen LogP contribution in [0.3, 0.4) is 0 Å². The maximum atomic E-state index is 13.7. The summed E-state index contributed by atoms with van der Waals surface area (Å²) in [6, 6.07) is 13.4. The minimum Gasteiger partial charge on any atom is -0.421 e. The molecule has 3 rings (SSSR count). The maximum absolute atomic E-state index is 13.7. The van der Waals surface area contributed by atoms with E-state index in [1.807, 2.05) is 30.3 Å². The highest BCUT2D eigenvalue weighted by Crippen LogP contribution is 2.19. The van der Waals surface area contributed by atoms with Crippen molar-refractivity contribution >= 4 is 17.5 Å². The minimum atomic E-state index is -0.663. The van der Waals surface area contributed by atoms with Gasteiger partial charge < -0.3 is 9.73 Å². The summed E-state index contributed by atoms with van der Waals surface area (Å²) in [5.74, 6) is -0.451. The van der Waals surface area contributed by atoms with Gasteiger partial charge >= 0.3 is 0 Å². The van der Waals surface area contributed by atoms with E-state index in [0.717, 1.165) is 5.56 Å². The Kier molecular flexibility index (Phi) is 4.86. The normalized spacial score (nSPS) is 10.6. The molecule has 0 aliphatic carbocycles. The summed E-state index contributed by atoms with van der Waals surface area (Å²) in [7, 11) is 0. The number of carbonyl (C=O) groups is 1. The van der Waals surface area contributed by atoms with Gasteiger partial charge in [-0.25, -0.2) is 4.39 Å². The topological polar surface area (TPSA) is 68.0 Å². The van der Waals surface area contributed by atoms with Gasteiger partial charge in [-0.2, -0.15) is 0 Å². The van der Waals surface area contributed by atoms with E-state index in [0.29, 0.717) is 18.2 Å². The van der Waals surface area contributed by atoms with Gasteiger partial charge in [-0.15, -0.1) is 10.2 Å². The lowest BCUT2D eigenvalue weighted by molar-refractivity contribution is 0.0950. The predicted molar refractivity (Wildman–Crippen MR) is 87.2 cm³/mol. The first-order chi connectivity index (χ1) is 11.6. The summed E-state index contributed by atoms with van der Waals surface area (Å²) in [5, 5.41) is 10.5. The van der Waals surface area contributed by atoms with Crippen LogP contribution in [0.2, 0.25) is 5.02 Å². The molecule has 0 aliphatic heterocycles. The van der Waals surface area contributed by atoms with Crippen LogP contribution in [0.1, 0.15) is 16.2 Å². The highest BCUT2D eigenvalue weighted by Gasteiger charge is 2.15. The van der Waals surface area contributed by atoms with E-state index in [-0.39, 0.29) is 17.1 Å². The Bertz CT molecular complexity index is 832. The summed E-state index contributed by atoms with van der Waals surface area (Å²) in [6.45, 7) is 0.222. The fourth-order valence-corrected chi connectivity index (χ4v) is 2.39. The Balaban J connectivity index is 1.59. The van der Waals surface area contributed by atoms with Crippen molar-refractivity contribution < 1.29 is 13.6 Å². The molecule has 1 amide bonds. The number of nitrogens with one attached hydrogen (secondary N) is 1. The molecule has 7 heteroatoms. The molecule has 0 aliphatic rings. The second-order valence-electron chi connectivity index (χ2n) is 4.97. The average molecular weight is 346 g/mol. The summed E-state index contributed by atoms with van der Waals surface area (Å²) >= 11 is 5.85. The molecular weight excluding hydrogens is 333 g/mol. The average Bonchev–Trinajstić information content (AvgIpc) is 3.04. The van der Waals surface area contributed by atoms with Crippen LogP contribution in [0.25, 0.3) is 11.5 Å². The molecule has 122 valence electrons. The standard InChI is InChI=1S/C17H13ClFN3O2/c18-12-7-4-8-13(19)15(12)16(23)20-10-9-14-21-22-17(24-14)11-5-2-1-3-6-11/h1-8H,9-10H2,(H,20,23). The van der Waals surface area contributed by atoms with Crippen molar-refractivity contribution in [2.45, 2.75) is 6.42 Å². The first kappa shape index (κ1) is 16.1. The Hall–Kier alpha value is -2.73. The number of hydrogen-bond donors (Lipinski definition) is 1. The van der Waals surface area contributed by atoms with Crippen LogP contribution in [0.15, 0.2) is 52.9 Å². The lowest BCUT2D eigenvalue weighted by Gasteiger charge is -2.06. The van der Waals surface area contributed by atoms with Gasteiger partial charge in [0.05, 0.1) is 10.6 Å². The zero-order valence-electron chi connectivity index (χ0n) is 12.5. The number of nitrogens with zero attached hydrogens (tertiary/aromatic N) is 2. The van der Waals surface area contributed by atoms with Crippen molar-refractivity contribution in [1.29, 1.82) is 0 Å². The first-order valence-corrected chi connectivity index (χ1v) is 7.63. The van der Waals surface area contributed by atoms with E-state index in [4.69, 9.17) is 16.0 Å². The number of benzene rings is 2. The maximum Gasteiger partial charge on any atom is 0.255 e. The Morgan fingerprint density at radius 3 is 2.67 bits per heavy atom. The molecule has 0 fully saturated rings. The SMILES string of the molecule is O=C(NCCc1nnc(-c2ccccc2)o1)c1c(F)cccc1Cl. The number of rotatable bonds is 5. The van der Waals surface area contributed by atoms with E-state index in [1.165, 1.54) is 18.2 Å². The number of hydrogen-bond acceptors (Lipinski definition) is 4. The monoisotopic (exact) mass is 345 g/mol. The zero-order chi connectivity index (χ0) is 16.9. The molecule has 1 aromatic heterocycles. The largest absolute Gasteiger partial charge is 0.421 e. The molecule has 0 spiro atoms. The molecule has 0 atom stereocenters. The molecule has 24 heavy (non-hydrogen) atoms. The van der Waals surface area contributed by atoms with Crippen molar-refractivity contribution in [3.05, 3.63) is 70.8 Å². The van der Waals surface area contributed by atoms with Gasteiger partial charge in [-0.1, -0.05) is 35.9 Å². The minimum absolute atomic E-state index is 0.0663. The summed E-state index contributed by atoms with van der Waals surface area (Å²) in [4.78, 5) is 12.0. The predicted octanol–water partition coefficient (Wildman–Crippen LogP) is 3.50. The molecule has 0 saturated heterocycles. The van der Waals surface area contributed by atoms with Gasteiger partial charge in [-0.3, -0.25) is 4.79 Å². The molecule has 0 radical (unpaired) electrons. The Labute approximate surface area is 142 Å². The van der Waals surface area contributed by atoms with Crippen LogP contribution < -0.4 is 5.32 Å². The second-order valence-corrected chi connectivity index (χ2v) is 5.38. The molecule has 2 aromatic carbocycles. The summed E-state index contributed by atoms with van der Waals surface area (Å²) in [6.07, 6.45) is 0.331. The van der Waals surface area contributed by atoms with Gasteiger partial charge in [0, 0.05) is 18.5 Å². The summed E-state index contributed by atoms with van der Waals surface area (Å²) < 4.78 is 19.2.